The van der Waals surface area contributed by atoms with Gasteiger partial charge in [-0.25, -0.2) is 0 Å². The maximum absolute atomic E-state index is 6.09. The third-order valence-electron chi connectivity index (χ3n) is 8.68. The summed E-state index contributed by atoms with van der Waals surface area (Å²) in [5, 5.41) is 0. The van der Waals surface area contributed by atoms with Crippen molar-refractivity contribution in [1.82, 2.24) is 0 Å². The van der Waals surface area contributed by atoms with Crippen molar-refractivity contribution in [1.29, 1.82) is 0 Å². The lowest BCUT2D eigenvalue weighted by Gasteiger charge is -2.40. The van der Waals surface area contributed by atoms with Crippen LogP contribution in [0, 0.1) is 0 Å². The number of ether oxygens (including phenoxy) is 6. The van der Waals surface area contributed by atoms with Gasteiger partial charge >= 0.3 is 0 Å². The fourth-order valence-corrected chi connectivity index (χ4v) is 7.74. The molecule has 4 aromatic rings. The minimum absolute atomic E-state index is 0.0194. The van der Waals surface area contributed by atoms with Crippen LogP contribution in [-0.2, 0) is 0 Å². The molecule has 7 heteroatoms. The summed E-state index contributed by atoms with van der Waals surface area (Å²) in [4.78, 5) is 0. The molecule has 2 aliphatic carbocycles. The molecule has 0 fully saturated rings. The van der Waals surface area contributed by atoms with Gasteiger partial charge in [0, 0.05) is 46.9 Å². The number of hydrogen-bond acceptors (Lipinski definition) is 6. The maximum Gasteiger partial charge on any atom is 0.137 e. The Morgan fingerprint density at radius 3 is 1.54 bits per heavy atom. The van der Waals surface area contributed by atoms with Crippen LogP contribution in [-0.4, -0.2) is 42.7 Å². The van der Waals surface area contributed by atoms with E-state index in [2.05, 4.69) is 46.3 Å². The van der Waals surface area contributed by atoms with Crippen LogP contribution in [0.5, 0.6) is 34.5 Å². The third-order valence-corrected chi connectivity index (χ3v) is 9.50. The first-order valence-corrected chi connectivity index (χ1v) is 14.3. The van der Waals surface area contributed by atoms with Crippen molar-refractivity contribution in [3.63, 3.8) is 0 Å². The molecule has 0 heterocycles. The van der Waals surface area contributed by atoms with E-state index in [-0.39, 0.29) is 23.7 Å². The molecular weight excluding hydrogens is 584 g/mol. The topological polar surface area (TPSA) is 55.4 Å². The summed E-state index contributed by atoms with van der Waals surface area (Å²) in [6.07, 6.45) is 0. The monoisotopic (exact) mass is 616 g/mol. The zero-order chi connectivity index (χ0) is 28.8. The van der Waals surface area contributed by atoms with Gasteiger partial charge in [0.2, 0.25) is 0 Å². The largest absolute Gasteiger partial charge is 0.497 e. The van der Waals surface area contributed by atoms with Gasteiger partial charge in [0.25, 0.3) is 0 Å². The second-order valence-corrected chi connectivity index (χ2v) is 11.1. The molecule has 0 saturated heterocycles. The first-order chi connectivity index (χ1) is 20.0. The number of hydrogen-bond donors (Lipinski definition) is 0. The zero-order valence-corrected chi connectivity index (χ0v) is 25.6. The first-order valence-electron chi connectivity index (χ1n) is 13.5. The van der Waals surface area contributed by atoms with Crippen molar-refractivity contribution in [2.45, 2.75) is 23.7 Å². The van der Waals surface area contributed by atoms with Gasteiger partial charge in [-0.1, -0.05) is 24.3 Å². The molecule has 6 rings (SSSR count). The quantitative estimate of drug-likeness (QED) is 0.203. The maximum atomic E-state index is 6.09. The molecule has 6 nitrogen and oxygen atoms in total. The summed E-state index contributed by atoms with van der Waals surface area (Å²) in [5.74, 6) is 4.79. The number of benzene rings is 4. The van der Waals surface area contributed by atoms with Crippen LogP contribution < -0.4 is 28.4 Å². The summed E-state index contributed by atoms with van der Waals surface area (Å²) in [5.41, 5.74) is 7.04. The summed E-state index contributed by atoms with van der Waals surface area (Å²) < 4.78 is 35.8. The Morgan fingerprint density at radius 1 is 0.463 bits per heavy atom. The van der Waals surface area contributed by atoms with E-state index in [1.165, 1.54) is 16.7 Å². The molecule has 4 atom stereocenters. The molecule has 0 aliphatic heterocycles. The highest BCUT2D eigenvalue weighted by Crippen LogP contribution is 2.70. The molecule has 212 valence electrons. The predicted molar refractivity (Wildman–Crippen MR) is 162 cm³/mol. The van der Waals surface area contributed by atoms with Crippen molar-refractivity contribution >= 4 is 15.9 Å². The molecule has 0 radical (unpaired) electrons. The second-order valence-electron chi connectivity index (χ2n) is 10.3. The van der Waals surface area contributed by atoms with Gasteiger partial charge in [-0.3, -0.25) is 0 Å². The molecule has 41 heavy (non-hydrogen) atoms. The van der Waals surface area contributed by atoms with E-state index in [4.69, 9.17) is 28.4 Å². The number of rotatable bonds is 8. The minimum Gasteiger partial charge on any atom is -0.497 e. The highest BCUT2D eigenvalue weighted by Gasteiger charge is 2.55. The molecule has 2 bridgehead atoms. The lowest BCUT2D eigenvalue weighted by Crippen LogP contribution is -2.26. The Labute approximate surface area is 249 Å². The van der Waals surface area contributed by atoms with Crippen molar-refractivity contribution in [2.24, 2.45) is 0 Å². The molecular formula is C34H33BrO6. The van der Waals surface area contributed by atoms with Crippen LogP contribution in [0.3, 0.4) is 0 Å². The van der Waals surface area contributed by atoms with Gasteiger partial charge in [-0.05, 0) is 68.5 Å². The van der Waals surface area contributed by atoms with E-state index >= 15 is 0 Å². The van der Waals surface area contributed by atoms with Crippen LogP contribution in [0.4, 0.5) is 0 Å². The Bertz CT molecular complexity index is 1580. The van der Waals surface area contributed by atoms with Crippen LogP contribution >= 0.6 is 15.9 Å². The van der Waals surface area contributed by atoms with Gasteiger partial charge in [0.1, 0.15) is 34.5 Å². The Balaban J connectivity index is 1.74. The summed E-state index contributed by atoms with van der Waals surface area (Å²) in [6, 6.07) is 22.9. The zero-order valence-electron chi connectivity index (χ0n) is 24.0. The van der Waals surface area contributed by atoms with E-state index in [1.54, 1.807) is 42.7 Å². The van der Waals surface area contributed by atoms with Gasteiger partial charge in [0.15, 0.2) is 0 Å². The molecule has 0 aromatic heterocycles. The lowest BCUT2D eigenvalue weighted by atomic mass is 9.63. The standard InChI is InChI=1S/C34H33BrO6/c1-36-20-11-7-18(8-12-20)27-29-23(15-22(38-3)16-24(29)39-4)30-28(19-9-13-21(37-2)14-10-19)32(27)33-31(30)25(40-5)17-26(41-6)34(33)35/h7-17,27-28,30,32H,1-6H3/t27-,28?,30?,32?/m1/s1. The Morgan fingerprint density at radius 2 is 1.00 bits per heavy atom. The summed E-state index contributed by atoms with van der Waals surface area (Å²) in [7, 11) is 10.2. The van der Waals surface area contributed by atoms with Crippen molar-refractivity contribution in [3.05, 3.63) is 105 Å². The molecule has 2 aliphatic rings. The fourth-order valence-electron chi connectivity index (χ4n) is 6.99. The highest BCUT2D eigenvalue weighted by molar-refractivity contribution is 9.10. The molecule has 0 spiro atoms. The third kappa shape index (κ3) is 4.21. The second kappa shape index (κ2) is 10.9. The van der Waals surface area contributed by atoms with E-state index in [9.17, 15) is 0 Å². The average Bonchev–Trinajstić information content (AvgIpc) is 3.31. The minimum atomic E-state index is -0.0468. The number of halogens is 1. The normalized spacial score (nSPS) is 20.1. The molecule has 4 aromatic carbocycles. The smallest absolute Gasteiger partial charge is 0.137 e. The van der Waals surface area contributed by atoms with Crippen molar-refractivity contribution in [2.75, 3.05) is 42.7 Å². The Kier molecular flexibility index (Phi) is 7.24. The van der Waals surface area contributed by atoms with E-state index in [0.717, 1.165) is 55.7 Å². The molecule has 0 N–H and O–H groups in total. The van der Waals surface area contributed by atoms with Crippen LogP contribution in [0.2, 0.25) is 0 Å². The van der Waals surface area contributed by atoms with E-state index < -0.39 is 0 Å². The average molecular weight is 618 g/mol. The predicted octanol–water partition coefficient (Wildman–Crippen LogP) is 7.66. The summed E-state index contributed by atoms with van der Waals surface area (Å²) >= 11 is 3.97. The Hall–Kier alpha value is -3.84. The molecule has 3 unspecified atom stereocenters. The lowest BCUT2D eigenvalue weighted by molar-refractivity contribution is 0.372. The highest BCUT2D eigenvalue weighted by atomic mass is 79.9. The van der Waals surface area contributed by atoms with Gasteiger partial charge in [-0.2, -0.15) is 0 Å². The SMILES string of the molecule is COc1ccc(C2C3c4cc(OC)cc(OC)c4[C@@H](c4ccc(OC)cc4)C2c2c(Br)c(OC)cc(OC)c23)cc1. The molecule has 0 saturated carbocycles. The van der Waals surface area contributed by atoms with Crippen LogP contribution in [0.25, 0.3) is 0 Å². The van der Waals surface area contributed by atoms with Crippen LogP contribution in [0.15, 0.2) is 71.2 Å². The van der Waals surface area contributed by atoms with Crippen LogP contribution in [0.1, 0.15) is 57.1 Å². The molecule has 0 amide bonds. The van der Waals surface area contributed by atoms with E-state index in [0.29, 0.717) is 0 Å². The van der Waals surface area contributed by atoms with Gasteiger partial charge in [0.05, 0.1) is 47.1 Å². The number of fused-ring (bicyclic) bond motifs is 7. The van der Waals surface area contributed by atoms with Crippen molar-refractivity contribution < 1.29 is 28.4 Å². The van der Waals surface area contributed by atoms with Crippen molar-refractivity contribution in [3.8, 4) is 34.5 Å². The number of methoxy groups -OCH3 is 6. The van der Waals surface area contributed by atoms with Gasteiger partial charge < -0.3 is 28.4 Å². The first kappa shape index (κ1) is 27.3. The fraction of sp³-hybridized carbons (Fsp3) is 0.294. The van der Waals surface area contributed by atoms with E-state index in [1.807, 2.05) is 36.4 Å². The summed E-state index contributed by atoms with van der Waals surface area (Å²) in [6.45, 7) is 0. The van der Waals surface area contributed by atoms with Gasteiger partial charge in [-0.15, -0.1) is 0 Å².